The Balaban J connectivity index is 2.05. The van der Waals surface area contributed by atoms with Crippen LogP contribution in [-0.4, -0.2) is 33.7 Å². The topological polar surface area (TPSA) is 50.3 Å². The maximum absolute atomic E-state index is 5.38. The lowest BCUT2D eigenvalue weighted by molar-refractivity contribution is 0.134. The normalized spacial score (nSPS) is 24.8. The van der Waals surface area contributed by atoms with Gasteiger partial charge >= 0.3 is 0 Å². The van der Waals surface area contributed by atoms with E-state index in [1.165, 1.54) is 19.3 Å². The van der Waals surface area contributed by atoms with Gasteiger partial charge in [-0.15, -0.1) is 0 Å². The lowest BCUT2D eigenvalue weighted by Crippen LogP contribution is -2.47. The van der Waals surface area contributed by atoms with Gasteiger partial charge in [0, 0.05) is 24.3 Å². The minimum absolute atomic E-state index is 0.507. The molecule has 2 rings (SSSR count). The molecule has 0 spiro atoms. The largest absolute Gasteiger partial charge is 0.478 e. The second-order valence-electron chi connectivity index (χ2n) is 4.80. The highest BCUT2D eigenvalue weighted by atomic mass is 16.5. The zero-order valence-corrected chi connectivity index (χ0v) is 11.4. The van der Waals surface area contributed by atoms with Gasteiger partial charge in [-0.2, -0.15) is 4.98 Å². The summed E-state index contributed by atoms with van der Waals surface area (Å²) < 4.78 is 5.38. The van der Waals surface area contributed by atoms with Gasteiger partial charge in [-0.05, 0) is 33.6 Å². The van der Waals surface area contributed by atoms with Crippen LogP contribution >= 0.6 is 0 Å². The van der Waals surface area contributed by atoms with E-state index >= 15 is 0 Å². The molecule has 18 heavy (non-hydrogen) atoms. The third kappa shape index (κ3) is 3.10. The highest BCUT2D eigenvalue weighted by Gasteiger charge is 2.25. The van der Waals surface area contributed by atoms with Gasteiger partial charge in [0.1, 0.15) is 0 Å². The van der Waals surface area contributed by atoms with Gasteiger partial charge < -0.3 is 4.74 Å². The summed E-state index contributed by atoms with van der Waals surface area (Å²) in [5.41, 5.74) is 3.31. The Hall–Kier alpha value is -1.36. The molecular weight excluding hydrogens is 228 g/mol. The summed E-state index contributed by atoms with van der Waals surface area (Å²) in [6, 6.07) is 2.79. The second kappa shape index (κ2) is 6.00. The minimum atomic E-state index is 0.507. The Morgan fingerprint density at radius 2 is 2.11 bits per heavy atom. The van der Waals surface area contributed by atoms with Gasteiger partial charge in [-0.1, -0.05) is 6.42 Å². The molecule has 0 saturated carbocycles. The van der Waals surface area contributed by atoms with Crippen LogP contribution in [0.5, 0.6) is 5.88 Å². The lowest BCUT2D eigenvalue weighted by Gasteiger charge is -2.38. The third-order valence-corrected chi connectivity index (χ3v) is 3.34. The van der Waals surface area contributed by atoms with Gasteiger partial charge in [0.05, 0.1) is 6.61 Å². The summed E-state index contributed by atoms with van der Waals surface area (Å²) in [7, 11) is 0. The van der Waals surface area contributed by atoms with Crippen LogP contribution in [0.3, 0.4) is 0 Å². The Labute approximate surface area is 109 Å². The van der Waals surface area contributed by atoms with Crippen molar-refractivity contribution in [1.82, 2.24) is 15.0 Å². The van der Waals surface area contributed by atoms with E-state index in [1.807, 2.05) is 6.92 Å². The highest BCUT2D eigenvalue weighted by molar-refractivity contribution is 5.26. The summed E-state index contributed by atoms with van der Waals surface area (Å²) in [5.74, 6) is 1.23. The lowest BCUT2D eigenvalue weighted by atomic mass is 10.00. The average Bonchev–Trinajstić information content (AvgIpc) is 2.35. The maximum Gasteiger partial charge on any atom is 0.240 e. The number of rotatable bonds is 4. The van der Waals surface area contributed by atoms with Crippen molar-refractivity contribution in [3.8, 4) is 5.88 Å². The fourth-order valence-corrected chi connectivity index (χ4v) is 2.38. The Morgan fingerprint density at radius 1 is 1.39 bits per heavy atom. The molecule has 0 bridgehead atoms. The first-order valence-electron chi connectivity index (χ1n) is 6.71. The number of nitrogens with zero attached hydrogens (tertiary/aromatic N) is 3. The van der Waals surface area contributed by atoms with E-state index in [0.717, 1.165) is 0 Å². The molecule has 0 amide bonds. The third-order valence-electron chi connectivity index (χ3n) is 3.34. The Bertz CT molecular complexity index is 375. The van der Waals surface area contributed by atoms with E-state index in [2.05, 4.69) is 34.3 Å². The van der Waals surface area contributed by atoms with E-state index < -0.39 is 0 Å². The first kappa shape index (κ1) is 13.1. The van der Waals surface area contributed by atoms with Crippen molar-refractivity contribution < 1.29 is 4.74 Å². The molecule has 1 N–H and O–H groups in total. The van der Waals surface area contributed by atoms with Crippen LogP contribution in [0.15, 0.2) is 12.3 Å². The van der Waals surface area contributed by atoms with Crippen molar-refractivity contribution in [2.75, 3.05) is 12.0 Å². The number of hydrazine groups is 1. The Morgan fingerprint density at radius 3 is 2.78 bits per heavy atom. The van der Waals surface area contributed by atoms with E-state index in [0.29, 0.717) is 30.5 Å². The van der Waals surface area contributed by atoms with Crippen molar-refractivity contribution in [2.24, 2.45) is 0 Å². The van der Waals surface area contributed by atoms with Gasteiger partial charge in [-0.25, -0.2) is 9.99 Å². The van der Waals surface area contributed by atoms with Crippen molar-refractivity contribution in [3.05, 3.63) is 12.3 Å². The molecule has 1 aliphatic rings. The molecule has 1 fully saturated rings. The number of hydrogen-bond donors (Lipinski definition) is 1. The quantitative estimate of drug-likeness (QED) is 0.889. The van der Waals surface area contributed by atoms with Crippen LogP contribution in [0.25, 0.3) is 0 Å². The van der Waals surface area contributed by atoms with Crippen LogP contribution in [0.1, 0.15) is 40.0 Å². The summed E-state index contributed by atoms with van der Waals surface area (Å²) in [6.45, 7) is 7.03. The molecule has 1 aliphatic heterocycles. The smallest absolute Gasteiger partial charge is 0.240 e. The molecular formula is C13H22N4O. The number of aromatic nitrogens is 2. The average molecular weight is 250 g/mol. The van der Waals surface area contributed by atoms with Gasteiger partial charge in [-0.3, -0.25) is 5.43 Å². The fourth-order valence-electron chi connectivity index (χ4n) is 2.38. The molecule has 1 aromatic heterocycles. The predicted molar refractivity (Wildman–Crippen MR) is 71.4 cm³/mol. The van der Waals surface area contributed by atoms with Crippen LogP contribution in [-0.2, 0) is 0 Å². The van der Waals surface area contributed by atoms with E-state index in [1.54, 1.807) is 12.3 Å². The van der Waals surface area contributed by atoms with Crippen LogP contribution < -0.4 is 10.2 Å². The molecule has 1 saturated heterocycles. The molecule has 2 heterocycles. The molecule has 0 radical (unpaired) electrons. The molecule has 2 unspecified atom stereocenters. The van der Waals surface area contributed by atoms with Crippen molar-refractivity contribution in [1.29, 1.82) is 0 Å². The van der Waals surface area contributed by atoms with Crippen LogP contribution in [0, 0.1) is 0 Å². The number of ether oxygens (including phenoxy) is 1. The summed E-state index contributed by atoms with van der Waals surface area (Å²) in [6.07, 6.45) is 5.44. The van der Waals surface area contributed by atoms with E-state index in [-0.39, 0.29) is 0 Å². The number of piperidine rings is 1. The molecule has 100 valence electrons. The first-order valence-corrected chi connectivity index (χ1v) is 6.71. The predicted octanol–water partition coefficient (Wildman–Crippen LogP) is 2.47. The highest BCUT2D eigenvalue weighted by Crippen LogP contribution is 2.22. The van der Waals surface area contributed by atoms with Gasteiger partial charge in [0.2, 0.25) is 11.8 Å². The minimum Gasteiger partial charge on any atom is -0.478 e. The van der Waals surface area contributed by atoms with Crippen molar-refractivity contribution in [3.63, 3.8) is 0 Å². The summed E-state index contributed by atoms with van der Waals surface area (Å²) >= 11 is 0. The SMILES string of the molecule is CCOc1ccnc(NN2C(C)CCCC2C)n1. The van der Waals surface area contributed by atoms with E-state index in [4.69, 9.17) is 4.74 Å². The monoisotopic (exact) mass is 250 g/mol. The zero-order valence-electron chi connectivity index (χ0n) is 11.4. The number of anilines is 1. The number of nitrogens with one attached hydrogen (secondary N) is 1. The van der Waals surface area contributed by atoms with Crippen LogP contribution in [0.2, 0.25) is 0 Å². The van der Waals surface area contributed by atoms with Crippen molar-refractivity contribution in [2.45, 2.75) is 52.1 Å². The van der Waals surface area contributed by atoms with Gasteiger partial charge in [0.25, 0.3) is 0 Å². The molecule has 0 aliphatic carbocycles. The molecule has 1 aromatic rings. The molecule has 5 heteroatoms. The molecule has 5 nitrogen and oxygen atoms in total. The standard InChI is InChI=1S/C13H22N4O/c1-4-18-12-8-9-14-13(15-12)16-17-10(2)6-5-7-11(17)3/h8-11H,4-7H2,1-3H3,(H,14,15,16). The maximum atomic E-state index is 5.38. The second-order valence-corrected chi connectivity index (χ2v) is 4.80. The number of hydrogen-bond acceptors (Lipinski definition) is 5. The van der Waals surface area contributed by atoms with Gasteiger partial charge in [0.15, 0.2) is 0 Å². The van der Waals surface area contributed by atoms with Crippen molar-refractivity contribution >= 4 is 5.95 Å². The fraction of sp³-hybridized carbons (Fsp3) is 0.692. The van der Waals surface area contributed by atoms with Crippen LogP contribution in [0.4, 0.5) is 5.95 Å². The van der Waals surface area contributed by atoms with E-state index in [9.17, 15) is 0 Å². The first-order chi connectivity index (χ1) is 8.70. The molecule has 0 aromatic carbocycles. The molecule has 2 atom stereocenters. The summed E-state index contributed by atoms with van der Waals surface area (Å²) in [4.78, 5) is 8.58. The summed E-state index contributed by atoms with van der Waals surface area (Å²) in [5, 5.41) is 2.24. The Kier molecular flexibility index (Phi) is 4.36. The zero-order chi connectivity index (χ0) is 13.0.